The number of hydrogen-bond donors (Lipinski definition) is 2. The summed E-state index contributed by atoms with van der Waals surface area (Å²) in [5.41, 5.74) is 1.63. The summed E-state index contributed by atoms with van der Waals surface area (Å²) >= 11 is 0. The average molecular weight is 729 g/mol. The van der Waals surface area contributed by atoms with Gasteiger partial charge in [0.1, 0.15) is 17.4 Å². The van der Waals surface area contributed by atoms with Crippen molar-refractivity contribution in [3.63, 3.8) is 0 Å². The van der Waals surface area contributed by atoms with Crippen molar-refractivity contribution in [2.45, 2.75) is 77.2 Å². The Hall–Kier alpha value is -4.49. The number of nitrogens with one attached hydrogen (secondary N) is 1. The molecule has 0 saturated heterocycles. The molecule has 10 nitrogen and oxygen atoms in total. The van der Waals surface area contributed by atoms with Crippen molar-refractivity contribution in [1.29, 1.82) is 5.26 Å². The molecule has 1 atom stereocenters. The minimum atomic E-state index is -4.26. The van der Waals surface area contributed by atoms with Crippen LogP contribution in [0.15, 0.2) is 109 Å². The Labute approximate surface area is 307 Å². The van der Waals surface area contributed by atoms with Gasteiger partial charge in [-0.1, -0.05) is 97.1 Å². The number of aliphatic hydroxyl groups is 1. The summed E-state index contributed by atoms with van der Waals surface area (Å²) < 4.78 is 43.0. The van der Waals surface area contributed by atoms with Crippen LogP contribution in [-0.2, 0) is 48.9 Å². The highest BCUT2D eigenvalue weighted by Gasteiger charge is 2.38. The molecule has 0 heterocycles. The highest BCUT2D eigenvalue weighted by Crippen LogP contribution is 2.51. The van der Waals surface area contributed by atoms with E-state index in [0.29, 0.717) is 24.3 Å². The van der Waals surface area contributed by atoms with Crippen LogP contribution in [0.25, 0.3) is 0 Å². The van der Waals surface area contributed by atoms with Crippen molar-refractivity contribution < 1.29 is 37.5 Å². The van der Waals surface area contributed by atoms with E-state index >= 15 is 0 Å². The average Bonchev–Trinajstić information content (AvgIpc) is 3.15. The fourth-order valence-corrected chi connectivity index (χ4v) is 6.46. The van der Waals surface area contributed by atoms with Crippen molar-refractivity contribution in [3.05, 3.63) is 137 Å². The third-order valence-corrected chi connectivity index (χ3v) is 9.38. The number of phosphoric acid groups is 1. The van der Waals surface area contributed by atoms with Gasteiger partial charge in [-0.2, -0.15) is 5.26 Å². The first-order valence-electron chi connectivity index (χ1n) is 17.4. The number of benzene rings is 4. The number of amides is 1. The maximum absolute atomic E-state index is 14.1. The Morgan fingerprint density at radius 1 is 0.769 bits per heavy atom. The summed E-state index contributed by atoms with van der Waals surface area (Å²) in [6.07, 6.45) is 2.41. The van der Waals surface area contributed by atoms with Crippen LogP contribution < -0.4 is 10.1 Å². The van der Waals surface area contributed by atoms with Gasteiger partial charge in [0.2, 0.25) is 0 Å². The molecule has 0 fully saturated rings. The van der Waals surface area contributed by atoms with Gasteiger partial charge in [-0.3, -0.25) is 13.6 Å². The van der Waals surface area contributed by atoms with Crippen LogP contribution in [0.3, 0.4) is 0 Å². The minimum Gasteiger partial charge on any atom is -0.492 e. The standard InChI is InChI=1S/C41H49N2O8P/c1-40(2,3)51-39(45)43-41(31-44,32-50-52(46,48-29-35-18-9-5-10-19-35)49-30-36-20-11-6-12-21-36)25-24-34-22-23-38(37(27-34)28-42)47-26-14-13-17-33-15-7-4-8-16-33/h4-12,15-16,18-23,27,44H,13-14,17,24-26,29-32H2,1-3H3,(H,43,45). The summed E-state index contributed by atoms with van der Waals surface area (Å²) in [5.74, 6) is 0.488. The second-order valence-corrected chi connectivity index (χ2v) is 15.2. The molecular formula is C41H49N2O8P. The van der Waals surface area contributed by atoms with Gasteiger partial charge in [0.25, 0.3) is 0 Å². The molecule has 2 N–H and O–H groups in total. The van der Waals surface area contributed by atoms with Crippen LogP contribution in [0.5, 0.6) is 5.75 Å². The number of rotatable bonds is 20. The smallest absolute Gasteiger partial charge is 0.475 e. The number of carbonyl (C=O) groups excluding carboxylic acids is 1. The van der Waals surface area contributed by atoms with Gasteiger partial charge in [0, 0.05) is 0 Å². The molecule has 0 aromatic heterocycles. The second-order valence-electron chi connectivity index (χ2n) is 13.5. The van der Waals surface area contributed by atoms with Gasteiger partial charge >= 0.3 is 13.9 Å². The van der Waals surface area contributed by atoms with E-state index in [1.807, 2.05) is 84.9 Å². The fraction of sp³-hybridized carbons (Fsp3) is 0.366. The Morgan fingerprint density at radius 3 is 1.88 bits per heavy atom. The van der Waals surface area contributed by atoms with Crippen molar-refractivity contribution in [2.75, 3.05) is 19.8 Å². The van der Waals surface area contributed by atoms with Gasteiger partial charge in [-0.05, 0) is 87.3 Å². The largest absolute Gasteiger partial charge is 0.492 e. The predicted molar refractivity (Wildman–Crippen MR) is 200 cm³/mol. The third-order valence-electron chi connectivity index (χ3n) is 8.05. The molecule has 0 aliphatic heterocycles. The van der Waals surface area contributed by atoms with Crippen molar-refractivity contribution >= 4 is 13.9 Å². The quantitative estimate of drug-likeness (QED) is 0.0677. The number of ether oxygens (including phenoxy) is 2. The number of aliphatic hydroxyl groups excluding tert-OH is 1. The molecule has 4 rings (SSSR count). The molecule has 0 bridgehead atoms. The maximum Gasteiger partial charge on any atom is 0.475 e. The van der Waals surface area contributed by atoms with E-state index in [0.717, 1.165) is 36.0 Å². The van der Waals surface area contributed by atoms with Gasteiger partial charge in [-0.15, -0.1) is 0 Å². The van der Waals surface area contributed by atoms with Gasteiger partial charge in [-0.25, -0.2) is 9.36 Å². The molecule has 4 aromatic rings. The number of unbranched alkanes of at least 4 members (excludes halogenated alkanes) is 1. The zero-order chi connectivity index (χ0) is 37.3. The first-order valence-corrected chi connectivity index (χ1v) is 18.9. The highest BCUT2D eigenvalue weighted by atomic mass is 31.2. The van der Waals surface area contributed by atoms with Gasteiger partial charge in [0.05, 0.1) is 44.1 Å². The highest BCUT2D eigenvalue weighted by molar-refractivity contribution is 7.48. The molecule has 276 valence electrons. The van der Waals surface area contributed by atoms with Crippen LogP contribution in [0.1, 0.15) is 67.9 Å². The van der Waals surface area contributed by atoms with Gasteiger partial charge < -0.3 is 19.9 Å². The van der Waals surface area contributed by atoms with Crippen LogP contribution in [0.4, 0.5) is 4.79 Å². The van der Waals surface area contributed by atoms with Crippen molar-refractivity contribution in [2.24, 2.45) is 0 Å². The number of phosphoric ester groups is 1. The lowest BCUT2D eigenvalue weighted by Gasteiger charge is -2.34. The topological polar surface area (TPSA) is 136 Å². The van der Waals surface area contributed by atoms with Crippen molar-refractivity contribution in [1.82, 2.24) is 5.32 Å². The summed E-state index contributed by atoms with van der Waals surface area (Å²) in [5, 5.41) is 23.5. The molecular weight excluding hydrogens is 679 g/mol. The molecule has 1 amide bonds. The van der Waals surface area contributed by atoms with Crippen LogP contribution in [0.2, 0.25) is 0 Å². The lowest BCUT2D eigenvalue weighted by Crippen LogP contribution is -2.56. The molecule has 0 spiro atoms. The van der Waals surface area contributed by atoms with Crippen molar-refractivity contribution in [3.8, 4) is 11.8 Å². The van der Waals surface area contributed by atoms with E-state index in [9.17, 15) is 19.7 Å². The Kier molecular flexibility index (Phi) is 15.4. The van der Waals surface area contributed by atoms with Crippen LogP contribution in [-0.4, -0.2) is 42.2 Å². The minimum absolute atomic E-state index is 0.0586. The number of nitrogens with zero attached hydrogens (tertiary/aromatic N) is 1. The lowest BCUT2D eigenvalue weighted by atomic mass is 9.92. The van der Waals surface area contributed by atoms with Crippen LogP contribution in [0, 0.1) is 11.3 Å². The molecule has 0 saturated carbocycles. The number of carbonyl (C=O) groups is 1. The molecule has 11 heteroatoms. The number of hydrogen-bond acceptors (Lipinski definition) is 9. The first-order chi connectivity index (χ1) is 25.0. The molecule has 1 unspecified atom stereocenters. The Balaban J connectivity index is 1.46. The summed E-state index contributed by atoms with van der Waals surface area (Å²) in [6.45, 7) is 4.52. The Morgan fingerprint density at radius 2 is 1.35 bits per heavy atom. The number of alkyl carbamates (subject to hydrolysis) is 1. The normalized spacial score (nSPS) is 12.8. The van der Waals surface area contributed by atoms with E-state index in [2.05, 4.69) is 23.5 Å². The van der Waals surface area contributed by atoms with Crippen LogP contribution >= 0.6 is 7.82 Å². The summed E-state index contributed by atoms with van der Waals surface area (Å²) in [4.78, 5) is 13.1. The third kappa shape index (κ3) is 13.9. The Bertz CT molecular complexity index is 1710. The molecule has 0 radical (unpaired) electrons. The van der Waals surface area contributed by atoms with Gasteiger partial charge in [0.15, 0.2) is 0 Å². The lowest BCUT2D eigenvalue weighted by molar-refractivity contribution is 0.0208. The second kappa shape index (κ2) is 19.9. The van der Waals surface area contributed by atoms with E-state index < -0.39 is 38.3 Å². The molecule has 0 aliphatic rings. The first kappa shape index (κ1) is 40.3. The predicted octanol–water partition coefficient (Wildman–Crippen LogP) is 8.71. The fourth-order valence-electron chi connectivity index (χ4n) is 5.21. The zero-order valence-corrected chi connectivity index (χ0v) is 31.1. The zero-order valence-electron chi connectivity index (χ0n) is 30.2. The van der Waals surface area contributed by atoms with E-state index in [1.54, 1.807) is 32.9 Å². The van der Waals surface area contributed by atoms with E-state index in [1.165, 1.54) is 5.56 Å². The van der Waals surface area contributed by atoms with E-state index in [-0.39, 0.29) is 19.6 Å². The number of nitriles is 1. The summed E-state index contributed by atoms with van der Waals surface area (Å²) in [7, 11) is -4.26. The molecule has 4 aromatic carbocycles. The summed E-state index contributed by atoms with van der Waals surface area (Å²) in [6, 6.07) is 36.1. The number of aryl methyl sites for hydroxylation is 2. The monoisotopic (exact) mass is 728 g/mol. The molecule has 52 heavy (non-hydrogen) atoms. The van der Waals surface area contributed by atoms with E-state index in [4.69, 9.17) is 23.0 Å². The maximum atomic E-state index is 14.1. The SMILES string of the molecule is CC(C)(C)OC(=O)NC(CO)(CCc1ccc(OCCCCc2ccccc2)c(C#N)c1)COP(=O)(OCc1ccccc1)OCc1ccccc1. The molecule has 0 aliphatic carbocycles.